The van der Waals surface area contributed by atoms with Gasteiger partial charge in [-0.3, -0.25) is 0 Å². The third kappa shape index (κ3) is 1.57. The normalized spacial score (nSPS) is 19.2. The summed E-state index contributed by atoms with van der Waals surface area (Å²) in [5.74, 6) is -0.477. The van der Waals surface area contributed by atoms with Crippen molar-refractivity contribution in [1.29, 1.82) is 0 Å². The maximum Gasteiger partial charge on any atom is 0.214 e. The van der Waals surface area contributed by atoms with Gasteiger partial charge >= 0.3 is 0 Å². The smallest absolute Gasteiger partial charge is 0.214 e. The van der Waals surface area contributed by atoms with Gasteiger partial charge in [0.2, 0.25) is 5.95 Å². The summed E-state index contributed by atoms with van der Waals surface area (Å²) < 4.78 is 12.8. The molecular formula is C10H13FN2O. The largest absolute Gasteiger partial charge is 0.386 e. The molecule has 1 fully saturated rings. The molecule has 0 unspecified atom stereocenters. The van der Waals surface area contributed by atoms with E-state index in [1.807, 2.05) is 11.8 Å². The molecule has 1 aromatic heterocycles. The first-order valence-electron chi connectivity index (χ1n) is 4.72. The molecule has 1 aliphatic rings. The van der Waals surface area contributed by atoms with Crippen LogP contribution in [0.4, 0.5) is 10.1 Å². The molecule has 0 saturated carbocycles. The molecular weight excluding hydrogens is 183 g/mol. The monoisotopic (exact) mass is 196 g/mol. The molecule has 0 spiro atoms. The summed E-state index contributed by atoms with van der Waals surface area (Å²) in [6, 6.07) is 3.13. The average molecular weight is 196 g/mol. The quantitative estimate of drug-likeness (QED) is 0.721. The van der Waals surface area contributed by atoms with Crippen molar-refractivity contribution in [2.24, 2.45) is 0 Å². The van der Waals surface area contributed by atoms with Crippen LogP contribution in [0.25, 0.3) is 0 Å². The summed E-state index contributed by atoms with van der Waals surface area (Å²) in [5, 5.41) is 9.77. The lowest BCUT2D eigenvalue weighted by Crippen LogP contribution is -2.61. The second-order valence-corrected chi connectivity index (χ2v) is 3.77. The highest BCUT2D eigenvalue weighted by Gasteiger charge is 2.39. The number of hydrogen-bond acceptors (Lipinski definition) is 3. The number of pyridine rings is 1. The summed E-state index contributed by atoms with van der Waals surface area (Å²) in [6.07, 6.45) is 2.17. The first-order valence-corrected chi connectivity index (χ1v) is 4.72. The predicted octanol–water partition coefficient (Wildman–Crippen LogP) is 1.18. The van der Waals surface area contributed by atoms with Gasteiger partial charge in [-0.2, -0.15) is 4.39 Å². The Morgan fingerprint density at radius 2 is 2.36 bits per heavy atom. The van der Waals surface area contributed by atoms with Gasteiger partial charge in [0.05, 0.1) is 5.60 Å². The lowest BCUT2D eigenvalue weighted by Gasteiger charge is -2.47. The van der Waals surface area contributed by atoms with Crippen LogP contribution in [0.2, 0.25) is 0 Å². The zero-order valence-corrected chi connectivity index (χ0v) is 8.07. The molecule has 1 aromatic rings. The average Bonchev–Trinajstić information content (AvgIpc) is 2.13. The van der Waals surface area contributed by atoms with Crippen molar-refractivity contribution >= 4 is 5.69 Å². The molecule has 1 saturated heterocycles. The van der Waals surface area contributed by atoms with Crippen molar-refractivity contribution in [1.82, 2.24) is 4.98 Å². The van der Waals surface area contributed by atoms with Gasteiger partial charge in [0.25, 0.3) is 0 Å². The van der Waals surface area contributed by atoms with Crippen molar-refractivity contribution in [2.75, 3.05) is 18.0 Å². The van der Waals surface area contributed by atoms with Gasteiger partial charge in [0.15, 0.2) is 0 Å². The molecule has 1 aliphatic heterocycles. The maximum atomic E-state index is 12.8. The number of aromatic nitrogens is 1. The molecule has 76 valence electrons. The second-order valence-electron chi connectivity index (χ2n) is 3.77. The number of β-amino-alcohol motifs (C(OH)–C–C–N with tert-alkyl or cyclic N) is 1. The highest BCUT2D eigenvalue weighted by atomic mass is 19.1. The van der Waals surface area contributed by atoms with E-state index in [-0.39, 0.29) is 0 Å². The first kappa shape index (κ1) is 9.40. The fourth-order valence-electron chi connectivity index (χ4n) is 1.66. The molecule has 14 heavy (non-hydrogen) atoms. The molecule has 2 heterocycles. The molecule has 0 aromatic carbocycles. The van der Waals surface area contributed by atoms with E-state index in [1.165, 1.54) is 12.3 Å². The Hall–Kier alpha value is -1.16. The summed E-state index contributed by atoms with van der Waals surface area (Å²) in [4.78, 5) is 5.42. The summed E-state index contributed by atoms with van der Waals surface area (Å²) in [7, 11) is 0. The van der Waals surface area contributed by atoms with Crippen LogP contribution in [0, 0.1) is 5.95 Å². The lowest BCUT2D eigenvalue weighted by molar-refractivity contribution is 0.00848. The zero-order valence-electron chi connectivity index (χ0n) is 8.07. The number of hydrogen-bond donors (Lipinski definition) is 1. The summed E-state index contributed by atoms with van der Waals surface area (Å²) >= 11 is 0. The SMILES string of the molecule is CCC1(O)CN(c2ccnc(F)c2)C1. The Balaban J connectivity index is 2.06. The van der Waals surface area contributed by atoms with Crippen LogP contribution in [-0.4, -0.2) is 28.8 Å². The Bertz CT molecular complexity index is 337. The highest BCUT2D eigenvalue weighted by molar-refractivity contribution is 5.49. The van der Waals surface area contributed by atoms with Crippen LogP contribution in [0.3, 0.4) is 0 Å². The van der Waals surface area contributed by atoms with E-state index in [0.29, 0.717) is 13.1 Å². The fourth-order valence-corrected chi connectivity index (χ4v) is 1.66. The minimum absolute atomic E-state index is 0.477. The summed E-state index contributed by atoms with van der Waals surface area (Å²) in [5.41, 5.74) is 0.204. The molecule has 0 radical (unpaired) electrons. The van der Waals surface area contributed by atoms with Crippen molar-refractivity contribution in [3.05, 3.63) is 24.3 Å². The molecule has 0 aliphatic carbocycles. The van der Waals surface area contributed by atoms with Crippen LogP contribution in [0.1, 0.15) is 13.3 Å². The van der Waals surface area contributed by atoms with Crippen LogP contribution < -0.4 is 4.90 Å². The zero-order chi connectivity index (χ0) is 10.2. The summed E-state index contributed by atoms with van der Waals surface area (Å²) in [6.45, 7) is 3.10. The van der Waals surface area contributed by atoms with E-state index in [9.17, 15) is 9.50 Å². The fraction of sp³-hybridized carbons (Fsp3) is 0.500. The Morgan fingerprint density at radius 3 is 2.93 bits per heavy atom. The first-order chi connectivity index (χ1) is 6.63. The Morgan fingerprint density at radius 1 is 1.64 bits per heavy atom. The van der Waals surface area contributed by atoms with Crippen molar-refractivity contribution < 1.29 is 9.50 Å². The topological polar surface area (TPSA) is 36.4 Å². The highest BCUT2D eigenvalue weighted by Crippen LogP contribution is 2.29. The van der Waals surface area contributed by atoms with E-state index in [4.69, 9.17) is 0 Å². The van der Waals surface area contributed by atoms with Gasteiger partial charge in [-0.1, -0.05) is 6.92 Å². The molecule has 2 rings (SSSR count). The minimum atomic E-state index is -0.584. The molecule has 0 bridgehead atoms. The number of aliphatic hydroxyl groups is 1. The van der Waals surface area contributed by atoms with Gasteiger partial charge in [0, 0.05) is 31.0 Å². The van der Waals surface area contributed by atoms with Crippen LogP contribution in [0.5, 0.6) is 0 Å². The third-order valence-corrected chi connectivity index (χ3v) is 2.70. The van der Waals surface area contributed by atoms with Gasteiger partial charge in [-0.25, -0.2) is 4.98 Å². The van der Waals surface area contributed by atoms with Crippen LogP contribution >= 0.6 is 0 Å². The van der Waals surface area contributed by atoms with Crippen molar-refractivity contribution in [3.8, 4) is 0 Å². The predicted molar refractivity (Wildman–Crippen MR) is 51.6 cm³/mol. The van der Waals surface area contributed by atoms with Crippen LogP contribution in [-0.2, 0) is 0 Å². The second kappa shape index (κ2) is 3.20. The molecule has 1 N–H and O–H groups in total. The molecule has 0 amide bonds. The van der Waals surface area contributed by atoms with Gasteiger partial charge in [-0.15, -0.1) is 0 Å². The lowest BCUT2D eigenvalue weighted by atomic mass is 9.91. The van der Waals surface area contributed by atoms with E-state index in [0.717, 1.165) is 12.1 Å². The number of nitrogens with zero attached hydrogens (tertiary/aromatic N) is 2. The van der Waals surface area contributed by atoms with Gasteiger partial charge in [-0.05, 0) is 12.5 Å². The Labute approximate surface area is 82.2 Å². The van der Waals surface area contributed by atoms with Crippen LogP contribution in [0.15, 0.2) is 18.3 Å². The minimum Gasteiger partial charge on any atom is -0.386 e. The van der Waals surface area contributed by atoms with Crippen molar-refractivity contribution in [2.45, 2.75) is 18.9 Å². The van der Waals surface area contributed by atoms with E-state index >= 15 is 0 Å². The number of halogens is 1. The van der Waals surface area contributed by atoms with E-state index in [1.54, 1.807) is 6.07 Å². The molecule has 3 nitrogen and oxygen atoms in total. The Kier molecular flexibility index (Phi) is 2.15. The third-order valence-electron chi connectivity index (χ3n) is 2.70. The number of anilines is 1. The standard InChI is InChI=1S/C10H13FN2O/c1-2-10(14)6-13(7-10)8-3-4-12-9(11)5-8/h3-5,14H,2,6-7H2,1H3. The van der Waals surface area contributed by atoms with Crippen molar-refractivity contribution in [3.63, 3.8) is 0 Å². The number of rotatable bonds is 2. The van der Waals surface area contributed by atoms with Gasteiger partial charge < -0.3 is 10.0 Å². The van der Waals surface area contributed by atoms with E-state index in [2.05, 4.69) is 4.98 Å². The molecule has 0 atom stereocenters. The maximum absolute atomic E-state index is 12.8. The van der Waals surface area contributed by atoms with Gasteiger partial charge in [0.1, 0.15) is 0 Å². The molecule has 4 heteroatoms. The van der Waals surface area contributed by atoms with E-state index < -0.39 is 11.5 Å².